The average Bonchev–Trinajstić information content (AvgIpc) is 1.85. The highest BCUT2D eigenvalue weighted by molar-refractivity contribution is 5.68. The van der Waals surface area contributed by atoms with Crippen LogP contribution in [0.3, 0.4) is 0 Å². The van der Waals surface area contributed by atoms with Gasteiger partial charge in [-0.25, -0.2) is 0 Å². The van der Waals surface area contributed by atoms with E-state index in [1.807, 2.05) is 0 Å². The number of carboxylic acids is 1. The van der Waals surface area contributed by atoms with Crippen molar-refractivity contribution in [3.05, 3.63) is 12.2 Å². The molecule has 3 heteroatoms. The second-order valence-corrected chi connectivity index (χ2v) is 2.50. The Hall–Kier alpha value is -0.830. The van der Waals surface area contributed by atoms with Gasteiger partial charge in [-0.05, 0) is 19.8 Å². The Morgan fingerprint density at radius 1 is 1.55 bits per heavy atom. The van der Waals surface area contributed by atoms with Crippen LogP contribution in [0.5, 0.6) is 0 Å². The Kier molecular flexibility index (Phi) is 5.47. The molecule has 0 heterocycles. The first kappa shape index (κ1) is 10.2. The van der Waals surface area contributed by atoms with E-state index >= 15 is 0 Å². The molecule has 1 atom stereocenters. The van der Waals surface area contributed by atoms with Crippen molar-refractivity contribution in [2.45, 2.75) is 32.3 Å². The van der Waals surface area contributed by atoms with Gasteiger partial charge >= 0.3 is 5.97 Å². The molecule has 64 valence electrons. The van der Waals surface area contributed by atoms with Gasteiger partial charge < -0.3 is 10.2 Å². The van der Waals surface area contributed by atoms with E-state index in [4.69, 9.17) is 10.2 Å². The number of carboxylic acid groups (broad SMARTS) is 1. The van der Waals surface area contributed by atoms with E-state index < -0.39 is 5.97 Å². The number of rotatable bonds is 5. The van der Waals surface area contributed by atoms with E-state index in [1.54, 1.807) is 19.1 Å². The monoisotopic (exact) mass is 158 g/mol. The third-order valence-corrected chi connectivity index (χ3v) is 1.21. The second-order valence-electron chi connectivity index (χ2n) is 2.50. The van der Waals surface area contributed by atoms with E-state index in [1.165, 1.54) is 0 Å². The Labute approximate surface area is 66.4 Å². The van der Waals surface area contributed by atoms with Crippen LogP contribution in [0.15, 0.2) is 12.2 Å². The molecule has 2 N–H and O–H groups in total. The van der Waals surface area contributed by atoms with E-state index in [0.29, 0.717) is 6.42 Å². The first-order chi connectivity index (χ1) is 5.13. The van der Waals surface area contributed by atoms with Crippen LogP contribution in [-0.2, 0) is 4.79 Å². The SMILES string of the molecule is CC(O)CCC=CCC(=O)O. The molecule has 0 saturated carbocycles. The molecule has 0 amide bonds. The topological polar surface area (TPSA) is 57.5 Å². The van der Waals surface area contributed by atoms with Gasteiger partial charge in [-0.15, -0.1) is 0 Å². The molecule has 0 fully saturated rings. The zero-order chi connectivity index (χ0) is 8.69. The molecule has 11 heavy (non-hydrogen) atoms. The van der Waals surface area contributed by atoms with Gasteiger partial charge in [-0.2, -0.15) is 0 Å². The largest absolute Gasteiger partial charge is 0.481 e. The summed E-state index contributed by atoms with van der Waals surface area (Å²) in [6.45, 7) is 1.71. The van der Waals surface area contributed by atoms with Gasteiger partial charge in [0.25, 0.3) is 0 Å². The molecule has 0 aromatic rings. The van der Waals surface area contributed by atoms with Gasteiger partial charge in [0.1, 0.15) is 0 Å². The number of aliphatic hydroxyl groups excluding tert-OH is 1. The summed E-state index contributed by atoms with van der Waals surface area (Å²) in [4.78, 5) is 10.00. The van der Waals surface area contributed by atoms with Crippen molar-refractivity contribution in [1.82, 2.24) is 0 Å². The van der Waals surface area contributed by atoms with E-state index in [9.17, 15) is 4.79 Å². The van der Waals surface area contributed by atoms with Crippen molar-refractivity contribution < 1.29 is 15.0 Å². The summed E-state index contributed by atoms with van der Waals surface area (Å²) in [5.41, 5.74) is 0. The molecule has 3 nitrogen and oxygen atoms in total. The van der Waals surface area contributed by atoms with Crippen molar-refractivity contribution in [2.24, 2.45) is 0 Å². The Morgan fingerprint density at radius 3 is 2.64 bits per heavy atom. The number of allylic oxidation sites excluding steroid dienone is 1. The molecule has 0 aromatic heterocycles. The van der Waals surface area contributed by atoms with Gasteiger partial charge in [0.15, 0.2) is 0 Å². The number of aliphatic hydroxyl groups is 1. The summed E-state index contributed by atoms with van der Waals surface area (Å²) in [6, 6.07) is 0. The van der Waals surface area contributed by atoms with Gasteiger partial charge in [-0.1, -0.05) is 12.2 Å². The molecule has 0 radical (unpaired) electrons. The van der Waals surface area contributed by atoms with Crippen molar-refractivity contribution in [1.29, 1.82) is 0 Å². The molecule has 1 unspecified atom stereocenters. The van der Waals surface area contributed by atoms with Crippen LogP contribution in [0, 0.1) is 0 Å². The molecule has 0 aromatic carbocycles. The average molecular weight is 158 g/mol. The number of hydrogen-bond acceptors (Lipinski definition) is 2. The molecule has 0 aliphatic rings. The van der Waals surface area contributed by atoms with Crippen LogP contribution < -0.4 is 0 Å². The zero-order valence-electron chi connectivity index (χ0n) is 6.66. The van der Waals surface area contributed by atoms with Gasteiger partial charge in [0.05, 0.1) is 12.5 Å². The fourth-order valence-corrected chi connectivity index (χ4v) is 0.639. The molecular formula is C8H14O3. The van der Waals surface area contributed by atoms with Crippen molar-refractivity contribution in [3.8, 4) is 0 Å². The minimum Gasteiger partial charge on any atom is -0.481 e. The summed E-state index contributed by atoms with van der Waals surface area (Å²) in [6.07, 6.45) is 4.58. The molecule has 0 saturated heterocycles. The first-order valence-electron chi connectivity index (χ1n) is 3.67. The highest BCUT2D eigenvalue weighted by Gasteiger charge is 1.92. The second kappa shape index (κ2) is 5.92. The summed E-state index contributed by atoms with van der Waals surface area (Å²) >= 11 is 0. The van der Waals surface area contributed by atoms with Crippen molar-refractivity contribution in [2.75, 3.05) is 0 Å². The fourth-order valence-electron chi connectivity index (χ4n) is 0.639. The lowest BCUT2D eigenvalue weighted by Crippen LogP contribution is -1.97. The predicted octanol–water partition coefficient (Wildman–Crippen LogP) is 1.18. The summed E-state index contributed by atoms with van der Waals surface area (Å²) in [5, 5.41) is 17.0. The van der Waals surface area contributed by atoms with Gasteiger partial charge in [-0.3, -0.25) is 4.79 Å². The normalized spacial score (nSPS) is 13.6. The van der Waals surface area contributed by atoms with E-state index in [-0.39, 0.29) is 12.5 Å². The first-order valence-corrected chi connectivity index (χ1v) is 3.67. The maximum absolute atomic E-state index is 10.00. The minimum atomic E-state index is -0.821. The lowest BCUT2D eigenvalue weighted by atomic mass is 10.2. The minimum absolute atomic E-state index is 0.0693. The van der Waals surface area contributed by atoms with Crippen LogP contribution in [0.25, 0.3) is 0 Å². The number of carbonyl (C=O) groups is 1. The lowest BCUT2D eigenvalue weighted by Gasteiger charge is -1.97. The maximum atomic E-state index is 10.00. The molecule has 0 bridgehead atoms. The standard InChI is InChI=1S/C8H14O3/c1-7(9)5-3-2-4-6-8(10)11/h2,4,7,9H,3,5-6H2,1H3,(H,10,11). The molecular weight excluding hydrogens is 144 g/mol. The zero-order valence-corrected chi connectivity index (χ0v) is 6.66. The molecule has 0 aliphatic carbocycles. The van der Waals surface area contributed by atoms with Crippen LogP contribution in [0.1, 0.15) is 26.2 Å². The molecule has 0 aliphatic heterocycles. The molecule has 0 spiro atoms. The van der Waals surface area contributed by atoms with E-state index in [0.717, 1.165) is 6.42 Å². The molecule has 0 rings (SSSR count). The van der Waals surface area contributed by atoms with Crippen LogP contribution in [0.4, 0.5) is 0 Å². The van der Waals surface area contributed by atoms with Crippen LogP contribution >= 0.6 is 0 Å². The van der Waals surface area contributed by atoms with Crippen molar-refractivity contribution >= 4 is 5.97 Å². The third-order valence-electron chi connectivity index (χ3n) is 1.21. The van der Waals surface area contributed by atoms with Crippen LogP contribution in [0.2, 0.25) is 0 Å². The Balaban J connectivity index is 3.23. The maximum Gasteiger partial charge on any atom is 0.307 e. The number of hydrogen-bond donors (Lipinski definition) is 2. The Bertz CT molecular complexity index is 138. The van der Waals surface area contributed by atoms with Gasteiger partial charge in [0, 0.05) is 0 Å². The fraction of sp³-hybridized carbons (Fsp3) is 0.625. The predicted molar refractivity (Wildman–Crippen MR) is 42.3 cm³/mol. The summed E-state index contributed by atoms with van der Waals surface area (Å²) < 4.78 is 0. The number of aliphatic carboxylic acids is 1. The summed E-state index contributed by atoms with van der Waals surface area (Å²) in [7, 11) is 0. The quantitative estimate of drug-likeness (QED) is 0.590. The highest BCUT2D eigenvalue weighted by atomic mass is 16.4. The van der Waals surface area contributed by atoms with Crippen LogP contribution in [-0.4, -0.2) is 22.3 Å². The lowest BCUT2D eigenvalue weighted by molar-refractivity contribution is -0.136. The summed E-state index contributed by atoms with van der Waals surface area (Å²) in [5.74, 6) is -0.821. The Morgan fingerprint density at radius 2 is 2.18 bits per heavy atom. The van der Waals surface area contributed by atoms with E-state index in [2.05, 4.69) is 0 Å². The third kappa shape index (κ3) is 9.17. The van der Waals surface area contributed by atoms with Crippen molar-refractivity contribution in [3.63, 3.8) is 0 Å². The van der Waals surface area contributed by atoms with Gasteiger partial charge in [0.2, 0.25) is 0 Å². The smallest absolute Gasteiger partial charge is 0.307 e. The highest BCUT2D eigenvalue weighted by Crippen LogP contribution is 1.97.